The summed E-state index contributed by atoms with van der Waals surface area (Å²) in [5.74, 6) is 1.36. The molecule has 0 spiro atoms. The maximum absolute atomic E-state index is 12.7. The van der Waals surface area contributed by atoms with Crippen LogP contribution in [0.25, 0.3) is 0 Å². The van der Waals surface area contributed by atoms with Crippen LogP contribution in [0, 0.1) is 5.92 Å². The van der Waals surface area contributed by atoms with Crippen molar-refractivity contribution in [3.8, 4) is 11.5 Å². The number of hydrogen-bond donors (Lipinski definition) is 0. The van der Waals surface area contributed by atoms with Crippen LogP contribution in [0.5, 0.6) is 11.5 Å². The first-order chi connectivity index (χ1) is 13.9. The summed E-state index contributed by atoms with van der Waals surface area (Å²) >= 11 is 1.22. The van der Waals surface area contributed by atoms with E-state index in [4.69, 9.17) is 9.47 Å². The Hall–Kier alpha value is -2.10. The number of rotatable bonds is 8. The molecule has 0 radical (unpaired) electrons. The maximum atomic E-state index is 12.7. The zero-order valence-corrected chi connectivity index (χ0v) is 18.2. The number of benzene rings is 1. The molecule has 3 rings (SSSR count). The molecule has 1 amide bonds. The molecule has 0 unspecified atom stereocenters. The van der Waals surface area contributed by atoms with Crippen LogP contribution in [0.3, 0.4) is 0 Å². The molecule has 1 fully saturated rings. The zero-order chi connectivity index (χ0) is 20.9. The van der Waals surface area contributed by atoms with Gasteiger partial charge in [-0.05, 0) is 48.6 Å². The van der Waals surface area contributed by atoms with Gasteiger partial charge in [-0.15, -0.1) is 11.3 Å². The van der Waals surface area contributed by atoms with E-state index in [1.54, 1.807) is 36.6 Å². The van der Waals surface area contributed by atoms with Crippen molar-refractivity contribution in [2.75, 3.05) is 40.4 Å². The van der Waals surface area contributed by atoms with Gasteiger partial charge in [-0.3, -0.25) is 4.79 Å². The lowest BCUT2D eigenvalue weighted by atomic mass is 9.97. The van der Waals surface area contributed by atoms with E-state index >= 15 is 0 Å². The molecule has 2 aromatic rings. The first kappa shape index (κ1) is 21.6. The topological polar surface area (TPSA) is 76.2 Å². The van der Waals surface area contributed by atoms with Gasteiger partial charge in [0.1, 0.15) is 22.3 Å². The monoisotopic (exact) mass is 438 g/mol. The molecule has 0 aliphatic carbocycles. The van der Waals surface area contributed by atoms with Crippen LogP contribution in [0.2, 0.25) is 0 Å². The number of hydrogen-bond acceptors (Lipinski definition) is 6. The summed E-state index contributed by atoms with van der Waals surface area (Å²) < 4.78 is 37.8. The highest BCUT2D eigenvalue weighted by Gasteiger charge is 2.33. The molecule has 0 N–H and O–H groups in total. The van der Waals surface area contributed by atoms with Gasteiger partial charge >= 0.3 is 0 Å². The Morgan fingerprint density at radius 2 is 1.83 bits per heavy atom. The SMILES string of the molecule is COc1ccc(OCCN(C)C(=O)C2CCN(S(=O)(=O)c3cccs3)CC2)cc1. The van der Waals surface area contributed by atoms with Gasteiger partial charge in [0.15, 0.2) is 0 Å². The van der Waals surface area contributed by atoms with Gasteiger partial charge in [-0.1, -0.05) is 6.07 Å². The first-order valence-corrected chi connectivity index (χ1v) is 11.8. The van der Waals surface area contributed by atoms with Crippen molar-refractivity contribution < 1.29 is 22.7 Å². The van der Waals surface area contributed by atoms with Crippen LogP contribution < -0.4 is 9.47 Å². The van der Waals surface area contributed by atoms with Crippen LogP contribution in [-0.4, -0.2) is 63.9 Å². The van der Waals surface area contributed by atoms with E-state index in [0.717, 1.165) is 11.5 Å². The Morgan fingerprint density at radius 3 is 2.41 bits per heavy atom. The van der Waals surface area contributed by atoms with E-state index in [1.165, 1.54) is 15.6 Å². The summed E-state index contributed by atoms with van der Waals surface area (Å²) in [6.45, 7) is 1.60. The molecule has 1 aromatic carbocycles. The van der Waals surface area contributed by atoms with E-state index in [2.05, 4.69) is 0 Å². The van der Waals surface area contributed by atoms with Crippen LogP contribution in [0.4, 0.5) is 0 Å². The summed E-state index contributed by atoms with van der Waals surface area (Å²) in [6.07, 6.45) is 1.07. The number of methoxy groups -OCH3 is 1. The normalized spacial score (nSPS) is 15.8. The van der Waals surface area contributed by atoms with Crippen molar-refractivity contribution >= 4 is 27.3 Å². The van der Waals surface area contributed by atoms with E-state index in [9.17, 15) is 13.2 Å². The summed E-state index contributed by atoms with van der Waals surface area (Å²) in [4.78, 5) is 14.4. The molecule has 0 bridgehead atoms. The fourth-order valence-corrected chi connectivity index (χ4v) is 5.89. The number of thiophene rings is 1. The van der Waals surface area contributed by atoms with Gasteiger partial charge in [0.25, 0.3) is 10.0 Å². The quantitative estimate of drug-likeness (QED) is 0.633. The fraction of sp³-hybridized carbons (Fsp3) is 0.450. The second kappa shape index (κ2) is 9.60. The largest absolute Gasteiger partial charge is 0.497 e. The van der Waals surface area contributed by atoms with E-state index in [1.807, 2.05) is 24.3 Å². The Balaban J connectivity index is 1.44. The van der Waals surface area contributed by atoms with Crippen LogP contribution in [0.1, 0.15) is 12.8 Å². The van der Waals surface area contributed by atoms with Crippen LogP contribution in [0.15, 0.2) is 46.0 Å². The molecule has 158 valence electrons. The third-order valence-corrected chi connectivity index (χ3v) is 8.30. The second-order valence-corrected chi connectivity index (χ2v) is 10.0. The molecule has 0 saturated carbocycles. The smallest absolute Gasteiger partial charge is 0.252 e. The van der Waals surface area contributed by atoms with Crippen LogP contribution in [-0.2, 0) is 14.8 Å². The maximum Gasteiger partial charge on any atom is 0.252 e. The van der Waals surface area contributed by atoms with Crippen molar-refractivity contribution in [1.29, 1.82) is 0 Å². The standard InChI is InChI=1S/C20H26N2O5S2/c1-21(13-14-27-18-7-5-17(26-2)6-8-18)20(23)16-9-11-22(12-10-16)29(24,25)19-4-3-15-28-19/h3-8,15-16H,9-14H2,1-2H3. The van der Waals surface area contributed by atoms with Gasteiger partial charge in [-0.2, -0.15) is 4.31 Å². The van der Waals surface area contributed by atoms with Crippen molar-refractivity contribution in [2.24, 2.45) is 5.92 Å². The number of ether oxygens (including phenoxy) is 2. The molecule has 1 saturated heterocycles. The zero-order valence-electron chi connectivity index (χ0n) is 16.6. The molecule has 7 nitrogen and oxygen atoms in total. The molecule has 1 aromatic heterocycles. The number of nitrogens with zero attached hydrogens (tertiary/aromatic N) is 2. The van der Waals surface area contributed by atoms with Crippen molar-refractivity contribution in [2.45, 2.75) is 17.1 Å². The number of amides is 1. The van der Waals surface area contributed by atoms with E-state index in [0.29, 0.717) is 43.3 Å². The third-order valence-electron chi connectivity index (χ3n) is 5.02. The van der Waals surface area contributed by atoms with Gasteiger partial charge in [0.2, 0.25) is 5.91 Å². The number of piperidine rings is 1. The van der Waals surface area contributed by atoms with Gasteiger partial charge in [0, 0.05) is 26.1 Å². The molecule has 0 atom stereocenters. The van der Waals surface area contributed by atoms with Crippen molar-refractivity contribution in [3.05, 3.63) is 41.8 Å². The lowest BCUT2D eigenvalue weighted by molar-refractivity contribution is -0.135. The van der Waals surface area contributed by atoms with Crippen molar-refractivity contribution in [1.82, 2.24) is 9.21 Å². The Labute approximate surface area is 175 Å². The Kier molecular flexibility index (Phi) is 7.15. The molecule has 9 heteroatoms. The van der Waals surface area contributed by atoms with Gasteiger partial charge in [-0.25, -0.2) is 8.42 Å². The van der Waals surface area contributed by atoms with Gasteiger partial charge < -0.3 is 14.4 Å². The van der Waals surface area contributed by atoms with E-state index < -0.39 is 10.0 Å². The minimum atomic E-state index is -3.44. The minimum absolute atomic E-state index is 0.0384. The van der Waals surface area contributed by atoms with Crippen LogP contribution >= 0.6 is 11.3 Å². The number of carbonyl (C=O) groups excluding carboxylic acids is 1. The van der Waals surface area contributed by atoms with Gasteiger partial charge in [0.05, 0.1) is 13.7 Å². The summed E-state index contributed by atoms with van der Waals surface area (Å²) in [7, 11) is -0.0719. The van der Waals surface area contributed by atoms with Crippen molar-refractivity contribution in [3.63, 3.8) is 0 Å². The number of likely N-dealkylation sites (N-methyl/N-ethyl adjacent to an activating group) is 1. The third kappa shape index (κ3) is 5.29. The molecular formula is C20H26N2O5S2. The number of carbonyl (C=O) groups is 1. The summed E-state index contributed by atoms with van der Waals surface area (Å²) in [6, 6.07) is 10.6. The predicted octanol–water partition coefficient (Wildman–Crippen LogP) is 2.69. The fourth-order valence-electron chi connectivity index (χ4n) is 3.27. The average molecular weight is 439 g/mol. The lowest BCUT2D eigenvalue weighted by Crippen LogP contribution is -2.44. The molecule has 1 aliphatic rings. The highest BCUT2D eigenvalue weighted by atomic mass is 32.2. The Morgan fingerprint density at radius 1 is 1.17 bits per heavy atom. The second-order valence-electron chi connectivity index (χ2n) is 6.89. The molecule has 1 aliphatic heterocycles. The summed E-state index contributed by atoms with van der Waals surface area (Å²) in [5, 5.41) is 1.76. The highest BCUT2D eigenvalue weighted by Crippen LogP contribution is 2.27. The highest BCUT2D eigenvalue weighted by molar-refractivity contribution is 7.91. The lowest BCUT2D eigenvalue weighted by Gasteiger charge is -2.32. The first-order valence-electron chi connectivity index (χ1n) is 9.47. The minimum Gasteiger partial charge on any atom is -0.497 e. The predicted molar refractivity (Wildman–Crippen MR) is 112 cm³/mol. The Bertz CT molecular complexity index is 889. The van der Waals surface area contributed by atoms with E-state index in [-0.39, 0.29) is 11.8 Å². The molecule has 2 heterocycles. The average Bonchev–Trinajstić information content (AvgIpc) is 3.29. The summed E-state index contributed by atoms with van der Waals surface area (Å²) in [5.41, 5.74) is 0. The molecular weight excluding hydrogens is 412 g/mol. The molecule has 29 heavy (non-hydrogen) atoms. The number of sulfonamides is 1.